The van der Waals surface area contributed by atoms with Gasteiger partial charge in [-0.05, 0) is 56.3 Å². The van der Waals surface area contributed by atoms with Crippen LogP contribution in [0.2, 0.25) is 0 Å². The maximum atomic E-state index is 12.9. The standard InChI is InChI=1S/C23H23N5O3S/c1-15-5-11-20(12-6-15)32(30,31)28(4)19-9-7-17(8-10-19)23(29)25-18-13-21-16(2)26-27(3)22(21)24-14-18/h5-14H,1-4H3,(H,25,29). The molecule has 32 heavy (non-hydrogen) atoms. The van der Waals surface area contributed by atoms with Gasteiger partial charge in [-0.3, -0.25) is 13.8 Å². The number of hydrogen-bond donors (Lipinski definition) is 1. The number of nitrogens with one attached hydrogen (secondary N) is 1. The molecule has 0 aliphatic heterocycles. The van der Waals surface area contributed by atoms with E-state index in [9.17, 15) is 13.2 Å². The molecule has 4 rings (SSSR count). The number of carbonyl (C=O) groups excluding carboxylic acids is 1. The molecule has 0 fully saturated rings. The summed E-state index contributed by atoms with van der Waals surface area (Å²) in [6.07, 6.45) is 1.58. The van der Waals surface area contributed by atoms with Crippen LogP contribution in [0.3, 0.4) is 0 Å². The van der Waals surface area contributed by atoms with Crippen molar-refractivity contribution in [1.82, 2.24) is 14.8 Å². The Morgan fingerprint density at radius 1 is 1.03 bits per heavy atom. The number of benzene rings is 2. The maximum Gasteiger partial charge on any atom is 0.264 e. The Bertz CT molecular complexity index is 1410. The summed E-state index contributed by atoms with van der Waals surface area (Å²) in [5, 5.41) is 8.02. The minimum Gasteiger partial charge on any atom is -0.321 e. The van der Waals surface area contributed by atoms with Crippen LogP contribution in [-0.2, 0) is 17.1 Å². The third kappa shape index (κ3) is 3.94. The van der Waals surface area contributed by atoms with Gasteiger partial charge in [0.15, 0.2) is 5.65 Å². The molecule has 0 unspecified atom stereocenters. The van der Waals surface area contributed by atoms with E-state index in [2.05, 4.69) is 15.4 Å². The van der Waals surface area contributed by atoms with Gasteiger partial charge < -0.3 is 5.32 Å². The number of aryl methyl sites for hydroxylation is 3. The maximum absolute atomic E-state index is 12.9. The average molecular weight is 450 g/mol. The predicted molar refractivity (Wildman–Crippen MR) is 124 cm³/mol. The zero-order chi connectivity index (χ0) is 23.0. The molecule has 2 aromatic carbocycles. The van der Waals surface area contributed by atoms with E-state index in [1.54, 1.807) is 59.4 Å². The molecule has 8 nitrogen and oxygen atoms in total. The number of rotatable bonds is 5. The normalized spacial score (nSPS) is 11.5. The molecule has 0 aliphatic carbocycles. The summed E-state index contributed by atoms with van der Waals surface area (Å²) in [6, 6.07) is 14.9. The summed E-state index contributed by atoms with van der Waals surface area (Å²) in [6.45, 7) is 3.78. The third-order valence-corrected chi connectivity index (χ3v) is 7.09. The van der Waals surface area contributed by atoms with Gasteiger partial charge in [0.1, 0.15) is 0 Å². The molecule has 0 atom stereocenters. The van der Waals surface area contributed by atoms with Gasteiger partial charge in [-0.15, -0.1) is 0 Å². The summed E-state index contributed by atoms with van der Waals surface area (Å²) in [5.41, 5.74) is 3.96. The number of anilines is 2. The van der Waals surface area contributed by atoms with Crippen LogP contribution in [0.5, 0.6) is 0 Å². The fourth-order valence-corrected chi connectivity index (χ4v) is 4.60. The fraction of sp³-hybridized carbons (Fsp3) is 0.174. The van der Waals surface area contributed by atoms with Crippen molar-refractivity contribution in [1.29, 1.82) is 0 Å². The molecule has 2 aromatic heterocycles. The van der Waals surface area contributed by atoms with E-state index < -0.39 is 10.0 Å². The first-order valence-corrected chi connectivity index (χ1v) is 11.4. The van der Waals surface area contributed by atoms with E-state index in [4.69, 9.17) is 0 Å². The van der Waals surface area contributed by atoms with Crippen LogP contribution < -0.4 is 9.62 Å². The Kier molecular flexibility index (Phi) is 5.43. The Hall–Kier alpha value is -3.72. The fourth-order valence-electron chi connectivity index (χ4n) is 3.41. The van der Waals surface area contributed by atoms with Crippen molar-refractivity contribution in [3.05, 3.63) is 77.6 Å². The van der Waals surface area contributed by atoms with Crippen LogP contribution in [0.25, 0.3) is 11.0 Å². The van der Waals surface area contributed by atoms with Crippen molar-refractivity contribution >= 4 is 38.3 Å². The molecule has 1 N–H and O–H groups in total. The van der Waals surface area contributed by atoms with Gasteiger partial charge in [0.05, 0.1) is 28.2 Å². The highest BCUT2D eigenvalue weighted by Gasteiger charge is 2.21. The van der Waals surface area contributed by atoms with Crippen molar-refractivity contribution in [3.8, 4) is 0 Å². The van der Waals surface area contributed by atoms with E-state index in [0.717, 1.165) is 22.3 Å². The number of amides is 1. The number of hydrogen-bond acceptors (Lipinski definition) is 5. The summed E-state index contributed by atoms with van der Waals surface area (Å²) >= 11 is 0. The van der Waals surface area contributed by atoms with Gasteiger partial charge in [-0.2, -0.15) is 5.10 Å². The molecule has 0 saturated carbocycles. The molecule has 0 bridgehead atoms. The van der Waals surface area contributed by atoms with Crippen LogP contribution in [-0.4, -0.2) is 36.1 Å². The van der Waals surface area contributed by atoms with Gasteiger partial charge >= 0.3 is 0 Å². The van der Waals surface area contributed by atoms with Crippen LogP contribution in [0.1, 0.15) is 21.6 Å². The number of sulfonamides is 1. The van der Waals surface area contributed by atoms with E-state index in [1.807, 2.05) is 27.0 Å². The third-order valence-electron chi connectivity index (χ3n) is 5.29. The lowest BCUT2D eigenvalue weighted by Crippen LogP contribution is -2.26. The quantitative estimate of drug-likeness (QED) is 0.501. The van der Waals surface area contributed by atoms with Crippen molar-refractivity contribution in [2.75, 3.05) is 16.7 Å². The van der Waals surface area contributed by atoms with Crippen LogP contribution in [0.15, 0.2) is 65.7 Å². The summed E-state index contributed by atoms with van der Waals surface area (Å²) in [5.74, 6) is -0.316. The van der Waals surface area contributed by atoms with Crippen molar-refractivity contribution < 1.29 is 13.2 Å². The van der Waals surface area contributed by atoms with Gasteiger partial charge in [0, 0.05) is 25.0 Å². The van der Waals surface area contributed by atoms with Crippen molar-refractivity contribution in [2.24, 2.45) is 7.05 Å². The lowest BCUT2D eigenvalue weighted by Gasteiger charge is -2.20. The molecule has 9 heteroatoms. The Morgan fingerprint density at radius 3 is 2.34 bits per heavy atom. The minimum atomic E-state index is -3.70. The number of pyridine rings is 1. The number of aromatic nitrogens is 3. The monoisotopic (exact) mass is 449 g/mol. The van der Waals surface area contributed by atoms with Crippen molar-refractivity contribution in [2.45, 2.75) is 18.7 Å². The zero-order valence-corrected chi connectivity index (χ0v) is 19.0. The topological polar surface area (TPSA) is 97.2 Å². The largest absolute Gasteiger partial charge is 0.321 e. The van der Waals surface area contributed by atoms with Crippen molar-refractivity contribution in [3.63, 3.8) is 0 Å². The SMILES string of the molecule is Cc1ccc(S(=O)(=O)N(C)c2ccc(C(=O)Nc3cnc4c(c3)c(C)nn4C)cc2)cc1. The molecule has 0 spiro atoms. The molecule has 2 heterocycles. The van der Waals surface area contributed by atoms with Gasteiger partial charge in [0.2, 0.25) is 0 Å². The van der Waals surface area contributed by atoms with Crippen LogP contribution >= 0.6 is 0 Å². The van der Waals surface area contributed by atoms with E-state index in [-0.39, 0.29) is 10.8 Å². The molecule has 164 valence electrons. The minimum absolute atomic E-state index is 0.209. The second-order valence-electron chi connectivity index (χ2n) is 7.59. The highest BCUT2D eigenvalue weighted by atomic mass is 32.2. The first kappa shape index (κ1) is 21.5. The number of fused-ring (bicyclic) bond motifs is 1. The Labute approximate surface area is 186 Å². The predicted octanol–water partition coefficient (Wildman–Crippen LogP) is 3.66. The second kappa shape index (κ2) is 8.08. The lowest BCUT2D eigenvalue weighted by atomic mass is 10.2. The summed E-state index contributed by atoms with van der Waals surface area (Å²) in [7, 11) is -0.392. The van der Waals surface area contributed by atoms with E-state index >= 15 is 0 Å². The first-order valence-electron chi connectivity index (χ1n) is 9.93. The molecular weight excluding hydrogens is 426 g/mol. The van der Waals surface area contributed by atoms with Crippen LogP contribution in [0.4, 0.5) is 11.4 Å². The highest BCUT2D eigenvalue weighted by Crippen LogP contribution is 2.24. The van der Waals surface area contributed by atoms with Gasteiger partial charge in [0.25, 0.3) is 15.9 Å². The highest BCUT2D eigenvalue weighted by molar-refractivity contribution is 7.92. The Morgan fingerprint density at radius 2 is 1.69 bits per heavy atom. The Balaban J connectivity index is 1.52. The van der Waals surface area contributed by atoms with Gasteiger partial charge in [-0.25, -0.2) is 13.4 Å². The molecule has 0 aliphatic rings. The number of nitrogens with zero attached hydrogens (tertiary/aromatic N) is 4. The van der Waals surface area contributed by atoms with Crippen LogP contribution in [0, 0.1) is 13.8 Å². The van der Waals surface area contributed by atoms with E-state index in [0.29, 0.717) is 16.9 Å². The molecular formula is C23H23N5O3S. The number of carbonyl (C=O) groups is 1. The zero-order valence-electron chi connectivity index (χ0n) is 18.2. The van der Waals surface area contributed by atoms with Gasteiger partial charge in [-0.1, -0.05) is 17.7 Å². The lowest BCUT2D eigenvalue weighted by molar-refractivity contribution is 0.102. The summed E-state index contributed by atoms with van der Waals surface area (Å²) in [4.78, 5) is 17.2. The van der Waals surface area contributed by atoms with E-state index in [1.165, 1.54) is 11.4 Å². The smallest absolute Gasteiger partial charge is 0.264 e. The average Bonchev–Trinajstić information content (AvgIpc) is 3.06. The molecule has 0 saturated heterocycles. The summed E-state index contributed by atoms with van der Waals surface area (Å²) < 4.78 is 28.6. The molecule has 0 radical (unpaired) electrons. The first-order chi connectivity index (χ1) is 15.2. The molecule has 4 aromatic rings. The molecule has 1 amide bonds. The second-order valence-corrected chi connectivity index (χ2v) is 9.56.